The Morgan fingerprint density at radius 1 is 1.21 bits per heavy atom. The van der Waals surface area contributed by atoms with E-state index < -0.39 is 33.2 Å². The van der Waals surface area contributed by atoms with Gasteiger partial charge in [-0.2, -0.15) is 5.10 Å². The zero-order chi connectivity index (χ0) is 18.0. The quantitative estimate of drug-likeness (QED) is 0.660. The van der Waals surface area contributed by atoms with Crippen LogP contribution in [0.1, 0.15) is 24.2 Å². The highest BCUT2D eigenvalue weighted by molar-refractivity contribution is 5.94. The molecule has 0 aliphatic rings. The molecule has 10 nitrogen and oxygen atoms in total. The molecule has 1 aromatic heterocycles. The van der Waals surface area contributed by atoms with Gasteiger partial charge < -0.3 is 5.32 Å². The number of anilines is 1. The summed E-state index contributed by atoms with van der Waals surface area (Å²) in [5.74, 6) is -0.495. The third kappa shape index (κ3) is 3.37. The topological polar surface area (TPSA) is 133 Å². The normalized spacial score (nSPS) is 11.8. The minimum Gasteiger partial charge on any atom is -0.324 e. The lowest BCUT2D eigenvalue weighted by molar-refractivity contribution is -0.395. The van der Waals surface area contributed by atoms with Crippen LogP contribution in [-0.4, -0.2) is 25.5 Å². The fourth-order valence-electron chi connectivity index (χ4n) is 2.15. The summed E-state index contributed by atoms with van der Waals surface area (Å²) in [7, 11) is 0. The summed E-state index contributed by atoms with van der Waals surface area (Å²) < 4.78 is 1.43. The highest BCUT2D eigenvalue weighted by Crippen LogP contribution is 2.32. The number of nitrogens with zero attached hydrogens (tertiary/aromatic N) is 4. The van der Waals surface area contributed by atoms with Gasteiger partial charge in [-0.3, -0.25) is 29.7 Å². The molecule has 1 aromatic carbocycles. The molecule has 1 amide bonds. The molecule has 1 atom stereocenters. The molecule has 2 rings (SSSR count). The van der Waals surface area contributed by atoms with Crippen LogP contribution >= 0.6 is 0 Å². The first-order chi connectivity index (χ1) is 11.2. The van der Waals surface area contributed by atoms with E-state index in [0.29, 0.717) is 0 Å². The number of hydrogen-bond donors (Lipinski definition) is 1. The van der Waals surface area contributed by atoms with Crippen molar-refractivity contribution in [2.75, 3.05) is 5.32 Å². The van der Waals surface area contributed by atoms with Crippen molar-refractivity contribution in [3.05, 3.63) is 55.9 Å². The van der Waals surface area contributed by atoms with Gasteiger partial charge in [-0.15, -0.1) is 0 Å². The van der Waals surface area contributed by atoms with Gasteiger partial charge in [-0.05, 0) is 26.8 Å². The minimum absolute atomic E-state index is 0.0141. The smallest absolute Gasteiger partial charge is 0.281 e. The number of nitro benzene ring substituents is 2. The molecule has 0 radical (unpaired) electrons. The van der Waals surface area contributed by atoms with E-state index in [4.69, 9.17) is 0 Å². The van der Waals surface area contributed by atoms with Crippen LogP contribution in [0.25, 0.3) is 0 Å². The van der Waals surface area contributed by atoms with E-state index in [2.05, 4.69) is 10.4 Å². The standard InChI is InChI=1S/C14H15N5O5/c1-8-4-5-17(16-8)10(3)14(20)15-11-6-12(18(21)22)9(2)13(7-11)19(23)24/h4-7,10H,1-3H3,(H,15,20). The zero-order valence-electron chi connectivity index (χ0n) is 13.2. The van der Waals surface area contributed by atoms with E-state index in [0.717, 1.165) is 17.8 Å². The first-order valence-electron chi connectivity index (χ1n) is 6.96. The Morgan fingerprint density at radius 3 is 2.17 bits per heavy atom. The Kier molecular flexibility index (Phi) is 4.58. The van der Waals surface area contributed by atoms with Gasteiger partial charge in [0, 0.05) is 18.3 Å². The summed E-state index contributed by atoms with van der Waals surface area (Å²) in [6.07, 6.45) is 1.62. The van der Waals surface area contributed by atoms with Crippen molar-refractivity contribution in [1.82, 2.24) is 9.78 Å². The Morgan fingerprint density at radius 2 is 1.75 bits per heavy atom. The van der Waals surface area contributed by atoms with E-state index >= 15 is 0 Å². The van der Waals surface area contributed by atoms with Crippen molar-refractivity contribution in [3.63, 3.8) is 0 Å². The van der Waals surface area contributed by atoms with Gasteiger partial charge in [0.15, 0.2) is 0 Å². The summed E-state index contributed by atoms with van der Waals surface area (Å²) in [5, 5.41) is 28.7. The van der Waals surface area contributed by atoms with Crippen molar-refractivity contribution in [2.24, 2.45) is 0 Å². The molecular weight excluding hydrogens is 318 g/mol. The molecule has 10 heteroatoms. The van der Waals surface area contributed by atoms with Crippen LogP contribution in [0, 0.1) is 34.1 Å². The maximum absolute atomic E-state index is 12.3. The van der Waals surface area contributed by atoms with Crippen LogP contribution in [0.3, 0.4) is 0 Å². The van der Waals surface area contributed by atoms with Gasteiger partial charge in [-0.25, -0.2) is 0 Å². The summed E-state index contributed by atoms with van der Waals surface area (Å²) in [6, 6.07) is 3.24. The maximum atomic E-state index is 12.3. The van der Waals surface area contributed by atoms with Gasteiger partial charge in [0.25, 0.3) is 11.4 Å². The lowest BCUT2D eigenvalue weighted by Gasteiger charge is -2.13. The van der Waals surface area contributed by atoms with Crippen molar-refractivity contribution >= 4 is 23.0 Å². The second kappa shape index (κ2) is 6.44. The van der Waals surface area contributed by atoms with Crippen LogP contribution in [0.2, 0.25) is 0 Å². The van der Waals surface area contributed by atoms with Crippen molar-refractivity contribution in [3.8, 4) is 0 Å². The predicted molar refractivity (Wildman–Crippen MR) is 84.8 cm³/mol. The molecule has 0 bridgehead atoms. The lowest BCUT2D eigenvalue weighted by Crippen LogP contribution is -2.24. The molecule has 0 saturated carbocycles. The van der Waals surface area contributed by atoms with E-state index in [1.54, 1.807) is 26.1 Å². The fourth-order valence-corrected chi connectivity index (χ4v) is 2.15. The van der Waals surface area contributed by atoms with E-state index in [1.807, 2.05) is 0 Å². The highest BCUT2D eigenvalue weighted by atomic mass is 16.6. The van der Waals surface area contributed by atoms with E-state index in [-0.39, 0.29) is 11.3 Å². The van der Waals surface area contributed by atoms with Gasteiger partial charge in [0.1, 0.15) is 11.6 Å². The maximum Gasteiger partial charge on any atom is 0.281 e. The molecule has 2 aromatic rings. The number of aromatic nitrogens is 2. The number of nitrogens with one attached hydrogen (secondary N) is 1. The van der Waals surface area contributed by atoms with Gasteiger partial charge in [0.05, 0.1) is 21.2 Å². The van der Waals surface area contributed by atoms with Crippen LogP contribution in [0.4, 0.5) is 17.1 Å². The molecule has 0 aliphatic heterocycles. The van der Waals surface area contributed by atoms with Crippen LogP contribution < -0.4 is 5.32 Å². The summed E-state index contributed by atoms with van der Waals surface area (Å²) in [4.78, 5) is 32.9. The average molecular weight is 333 g/mol. The van der Waals surface area contributed by atoms with Crippen LogP contribution in [0.5, 0.6) is 0 Å². The molecular formula is C14H15N5O5. The number of hydrogen-bond acceptors (Lipinski definition) is 6. The Hall–Kier alpha value is -3.30. The molecule has 24 heavy (non-hydrogen) atoms. The summed E-state index contributed by atoms with van der Waals surface area (Å²) >= 11 is 0. The van der Waals surface area contributed by atoms with E-state index in [1.165, 1.54) is 11.6 Å². The Balaban J connectivity index is 2.33. The molecule has 126 valence electrons. The Bertz CT molecular complexity index is 794. The molecule has 0 fully saturated rings. The van der Waals surface area contributed by atoms with E-state index in [9.17, 15) is 25.0 Å². The first-order valence-corrected chi connectivity index (χ1v) is 6.96. The zero-order valence-corrected chi connectivity index (χ0v) is 13.2. The van der Waals surface area contributed by atoms with Crippen LogP contribution in [0.15, 0.2) is 24.4 Å². The highest BCUT2D eigenvalue weighted by Gasteiger charge is 2.25. The second-order valence-corrected chi connectivity index (χ2v) is 5.26. The number of rotatable bonds is 5. The number of aryl methyl sites for hydroxylation is 1. The number of carbonyl (C=O) groups is 1. The van der Waals surface area contributed by atoms with Crippen molar-refractivity contribution in [1.29, 1.82) is 0 Å². The molecule has 0 saturated heterocycles. The van der Waals surface area contributed by atoms with Crippen molar-refractivity contribution < 1.29 is 14.6 Å². The molecule has 1 N–H and O–H groups in total. The predicted octanol–water partition coefficient (Wildman–Crippen LogP) is 2.52. The third-order valence-corrected chi connectivity index (χ3v) is 3.53. The SMILES string of the molecule is Cc1ccn(C(C)C(=O)Nc2cc([N+](=O)[O-])c(C)c([N+](=O)[O-])c2)n1. The average Bonchev–Trinajstić information content (AvgIpc) is 2.93. The van der Waals surface area contributed by atoms with Gasteiger partial charge in [-0.1, -0.05) is 0 Å². The summed E-state index contributed by atoms with van der Waals surface area (Å²) in [5.41, 5.74) is -0.209. The lowest BCUT2D eigenvalue weighted by atomic mass is 10.1. The number of benzene rings is 1. The minimum atomic E-state index is -0.724. The molecule has 1 heterocycles. The first kappa shape index (κ1) is 17.1. The van der Waals surface area contributed by atoms with Gasteiger partial charge in [0.2, 0.25) is 5.91 Å². The third-order valence-electron chi connectivity index (χ3n) is 3.53. The number of nitro groups is 2. The monoisotopic (exact) mass is 333 g/mol. The Labute approximate surface area is 136 Å². The van der Waals surface area contributed by atoms with Crippen molar-refractivity contribution in [2.45, 2.75) is 26.8 Å². The molecule has 1 unspecified atom stereocenters. The number of carbonyl (C=O) groups excluding carboxylic acids is 1. The van der Waals surface area contributed by atoms with Crippen LogP contribution in [-0.2, 0) is 4.79 Å². The van der Waals surface area contributed by atoms with Gasteiger partial charge >= 0.3 is 0 Å². The number of amides is 1. The molecule has 0 spiro atoms. The molecule has 0 aliphatic carbocycles. The fraction of sp³-hybridized carbons (Fsp3) is 0.286. The largest absolute Gasteiger partial charge is 0.324 e. The second-order valence-electron chi connectivity index (χ2n) is 5.26. The summed E-state index contributed by atoms with van der Waals surface area (Å²) in [6.45, 7) is 4.66.